The summed E-state index contributed by atoms with van der Waals surface area (Å²) in [6.45, 7) is 1.20. The van der Waals surface area contributed by atoms with Gasteiger partial charge in [0.1, 0.15) is 10.6 Å². The molecule has 0 bridgehead atoms. The zero-order chi connectivity index (χ0) is 25.2. The summed E-state index contributed by atoms with van der Waals surface area (Å²) in [5.41, 5.74) is 1.64. The molecule has 0 spiro atoms. The maximum Gasteiger partial charge on any atom is 0.203 e. The van der Waals surface area contributed by atoms with E-state index in [1.54, 1.807) is 39.5 Å². The number of hydrogen-bond acceptors (Lipinski definition) is 9. The molecule has 1 fully saturated rings. The molecule has 4 rings (SSSR count). The molecule has 11 heteroatoms. The van der Waals surface area contributed by atoms with Crippen LogP contribution >= 0.6 is 27.3 Å². The summed E-state index contributed by atoms with van der Waals surface area (Å²) in [6.07, 6.45) is 1.02. The first-order valence-electron chi connectivity index (χ1n) is 10.9. The lowest BCUT2D eigenvalue weighted by atomic mass is 10.1. The van der Waals surface area contributed by atoms with Crippen LogP contribution in [0, 0.1) is 0 Å². The molecule has 1 saturated heterocycles. The van der Waals surface area contributed by atoms with E-state index < -0.39 is 15.1 Å². The summed E-state index contributed by atoms with van der Waals surface area (Å²) in [7, 11) is 2.68. The van der Waals surface area contributed by atoms with Crippen molar-refractivity contribution in [2.24, 2.45) is 0 Å². The number of methoxy groups -OCH3 is 4. The summed E-state index contributed by atoms with van der Waals surface area (Å²) < 4.78 is 49.1. The predicted octanol–water partition coefficient (Wildman–Crippen LogP) is 5.05. The van der Waals surface area contributed by atoms with Crippen LogP contribution < -0.4 is 23.8 Å². The fraction of sp³-hybridized carbons (Fsp3) is 0.375. The lowest BCUT2D eigenvalue weighted by molar-refractivity contribution is 0.324. The standard InChI is InChI=1S/C24H27BrN2O6S2/c1-30-19-6-5-16(25)13-22(19)35(28,29)17-7-9-27(10-8-17)24-26-18(14-34-24)15-11-20(31-2)23(33-4)21(12-15)32-3/h5-6,11-14,17H,7-10H2,1-4H3. The number of piperidine rings is 1. The van der Waals surface area contributed by atoms with Crippen LogP contribution in [0.15, 0.2) is 45.1 Å². The molecule has 0 radical (unpaired) electrons. The van der Waals surface area contributed by atoms with Gasteiger partial charge in [0.05, 0.1) is 39.4 Å². The lowest BCUT2D eigenvalue weighted by Gasteiger charge is -2.31. The number of aromatic nitrogens is 1. The summed E-state index contributed by atoms with van der Waals surface area (Å²) >= 11 is 4.90. The molecule has 0 N–H and O–H groups in total. The van der Waals surface area contributed by atoms with Gasteiger partial charge in [0, 0.05) is 28.5 Å². The molecule has 0 unspecified atom stereocenters. The van der Waals surface area contributed by atoms with Crippen LogP contribution in [0.3, 0.4) is 0 Å². The number of hydrogen-bond donors (Lipinski definition) is 0. The SMILES string of the molecule is COc1ccc(Br)cc1S(=O)(=O)C1CCN(c2nc(-c3cc(OC)c(OC)c(OC)c3)cs2)CC1. The molecule has 8 nitrogen and oxygen atoms in total. The first-order chi connectivity index (χ1) is 16.8. The monoisotopic (exact) mass is 582 g/mol. The third-order valence-corrected chi connectivity index (χ3v) is 9.71. The second-order valence-corrected chi connectivity index (χ2v) is 11.9. The Balaban J connectivity index is 1.51. The smallest absolute Gasteiger partial charge is 0.203 e. The Bertz CT molecular complexity index is 1280. The molecule has 2 aromatic carbocycles. The van der Waals surface area contributed by atoms with Crippen molar-refractivity contribution < 1.29 is 27.4 Å². The normalized spacial score (nSPS) is 14.6. The number of thiazole rings is 1. The molecule has 0 amide bonds. The van der Waals surface area contributed by atoms with Gasteiger partial charge >= 0.3 is 0 Å². The summed E-state index contributed by atoms with van der Waals surface area (Å²) in [5.74, 6) is 2.01. The summed E-state index contributed by atoms with van der Waals surface area (Å²) in [5, 5.41) is 2.35. The van der Waals surface area contributed by atoms with Crippen LogP contribution in [0.5, 0.6) is 23.0 Å². The average Bonchev–Trinajstić information content (AvgIpc) is 3.38. The molecule has 0 atom stereocenters. The highest BCUT2D eigenvalue weighted by atomic mass is 79.9. The van der Waals surface area contributed by atoms with Crippen molar-refractivity contribution in [1.29, 1.82) is 0 Å². The molecule has 2 heterocycles. The van der Waals surface area contributed by atoms with Gasteiger partial charge in [0.15, 0.2) is 26.5 Å². The minimum atomic E-state index is -3.53. The molecule has 0 aliphatic carbocycles. The topological polar surface area (TPSA) is 87.2 Å². The zero-order valence-corrected chi connectivity index (χ0v) is 23.1. The van der Waals surface area contributed by atoms with Gasteiger partial charge in [0.25, 0.3) is 0 Å². The van der Waals surface area contributed by atoms with Gasteiger partial charge in [-0.25, -0.2) is 13.4 Å². The highest BCUT2D eigenvalue weighted by molar-refractivity contribution is 9.10. The quantitative estimate of drug-likeness (QED) is 0.364. The first-order valence-corrected chi connectivity index (χ1v) is 14.1. The van der Waals surface area contributed by atoms with Crippen LogP contribution in [0.2, 0.25) is 0 Å². The second-order valence-electron chi connectivity index (χ2n) is 7.96. The molecule has 188 valence electrons. The number of nitrogens with zero attached hydrogens (tertiary/aromatic N) is 2. The summed E-state index contributed by atoms with van der Waals surface area (Å²) in [6, 6.07) is 8.79. The number of halogens is 1. The Morgan fingerprint density at radius 1 is 0.943 bits per heavy atom. The number of ether oxygens (including phenoxy) is 4. The minimum absolute atomic E-state index is 0.228. The Kier molecular flexibility index (Phi) is 7.77. The van der Waals surface area contributed by atoms with E-state index in [0.717, 1.165) is 16.4 Å². The largest absolute Gasteiger partial charge is 0.495 e. The van der Waals surface area contributed by atoms with Gasteiger partial charge in [-0.05, 0) is 43.2 Å². The minimum Gasteiger partial charge on any atom is -0.495 e. The van der Waals surface area contributed by atoms with Gasteiger partial charge in [0.2, 0.25) is 5.75 Å². The predicted molar refractivity (Wildman–Crippen MR) is 140 cm³/mol. The van der Waals surface area contributed by atoms with Crippen molar-refractivity contribution in [2.45, 2.75) is 23.0 Å². The lowest BCUT2D eigenvalue weighted by Crippen LogP contribution is -2.39. The fourth-order valence-corrected chi connectivity index (χ4v) is 7.50. The molecular formula is C24H27BrN2O6S2. The number of anilines is 1. The van der Waals surface area contributed by atoms with Crippen LogP contribution in [-0.2, 0) is 9.84 Å². The van der Waals surface area contributed by atoms with Crippen molar-refractivity contribution >= 4 is 42.2 Å². The second kappa shape index (κ2) is 10.6. The average molecular weight is 584 g/mol. The highest BCUT2D eigenvalue weighted by Gasteiger charge is 2.34. The van der Waals surface area contributed by atoms with Gasteiger partial charge in [-0.15, -0.1) is 11.3 Å². The van der Waals surface area contributed by atoms with Gasteiger partial charge in [-0.1, -0.05) is 15.9 Å². The van der Waals surface area contributed by atoms with Crippen LogP contribution in [0.1, 0.15) is 12.8 Å². The molecule has 3 aromatic rings. The molecular weight excluding hydrogens is 556 g/mol. The van der Waals surface area contributed by atoms with E-state index in [9.17, 15) is 8.42 Å². The molecule has 0 saturated carbocycles. The van der Waals surface area contributed by atoms with Crippen LogP contribution in [-0.4, -0.2) is 60.2 Å². The van der Waals surface area contributed by atoms with E-state index in [2.05, 4.69) is 20.8 Å². The number of rotatable bonds is 8. The van der Waals surface area contributed by atoms with Gasteiger partial charge < -0.3 is 23.8 Å². The third-order valence-electron chi connectivity index (χ3n) is 6.04. The Labute approximate surface area is 217 Å². The van der Waals surface area contributed by atoms with Crippen molar-refractivity contribution in [1.82, 2.24) is 4.98 Å². The Morgan fingerprint density at radius 2 is 1.57 bits per heavy atom. The van der Waals surface area contributed by atoms with E-state index >= 15 is 0 Å². The Morgan fingerprint density at radius 3 is 2.14 bits per heavy atom. The first kappa shape index (κ1) is 25.6. The fourth-order valence-electron chi connectivity index (χ4n) is 4.18. The van der Waals surface area contributed by atoms with E-state index in [1.165, 1.54) is 18.4 Å². The highest BCUT2D eigenvalue weighted by Crippen LogP contribution is 2.42. The molecule has 1 aromatic heterocycles. The molecule has 1 aliphatic rings. The van der Waals surface area contributed by atoms with Crippen molar-refractivity contribution in [3.05, 3.63) is 40.2 Å². The van der Waals surface area contributed by atoms with Crippen molar-refractivity contribution in [3.63, 3.8) is 0 Å². The number of benzene rings is 2. The molecule has 35 heavy (non-hydrogen) atoms. The van der Waals surface area contributed by atoms with E-state index in [1.807, 2.05) is 17.5 Å². The number of sulfone groups is 1. The van der Waals surface area contributed by atoms with E-state index in [4.69, 9.17) is 23.9 Å². The van der Waals surface area contributed by atoms with Crippen molar-refractivity contribution in [3.8, 4) is 34.3 Å². The van der Waals surface area contributed by atoms with E-state index in [-0.39, 0.29) is 4.90 Å². The maximum atomic E-state index is 13.4. The maximum absolute atomic E-state index is 13.4. The molecule has 1 aliphatic heterocycles. The zero-order valence-electron chi connectivity index (χ0n) is 19.9. The third kappa shape index (κ3) is 5.07. The Hall–Kier alpha value is -2.50. The van der Waals surface area contributed by atoms with Crippen LogP contribution in [0.25, 0.3) is 11.3 Å². The van der Waals surface area contributed by atoms with Crippen LogP contribution in [0.4, 0.5) is 5.13 Å². The van der Waals surface area contributed by atoms with E-state index in [0.29, 0.717) is 53.4 Å². The van der Waals surface area contributed by atoms with Gasteiger partial charge in [-0.2, -0.15) is 0 Å². The summed E-state index contributed by atoms with van der Waals surface area (Å²) in [4.78, 5) is 7.18. The van der Waals surface area contributed by atoms with Crippen molar-refractivity contribution in [2.75, 3.05) is 46.4 Å². The van der Waals surface area contributed by atoms with Gasteiger partial charge in [-0.3, -0.25) is 0 Å².